The molecule has 130 valence electrons. The molecule has 1 fully saturated rings. The second kappa shape index (κ2) is 7.84. The summed E-state index contributed by atoms with van der Waals surface area (Å²) in [6.07, 6.45) is 2.72. The van der Waals surface area contributed by atoms with Gasteiger partial charge < -0.3 is 24.5 Å². The molecule has 0 bridgehead atoms. The molecular weight excluding hydrogens is 296 g/mol. The molecule has 1 aromatic heterocycles. The average Bonchev–Trinajstić information content (AvgIpc) is 3.00. The zero-order valence-electron chi connectivity index (χ0n) is 14.2. The highest BCUT2D eigenvalue weighted by molar-refractivity contribution is 5.68. The van der Waals surface area contributed by atoms with Gasteiger partial charge in [0.2, 0.25) is 0 Å². The molecule has 1 aromatic rings. The van der Waals surface area contributed by atoms with E-state index in [0.29, 0.717) is 24.8 Å². The molecule has 6 heteroatoms. The molecule has 6 nitrogen and oxygen atoms in total. The first kappa shape index (κ1) is 17.8. The van der Waals surface area contributed by atoms with Crippen LogP contribution in [0.3, 0.4) is 0 Å². The molecule has 0 spiro atoms. The van der Waals surface area contributed by atoms with Crippen LogP contribution < -0.4 is 5.32 Å². The van der Waals surface area contributed by atoms with E-state index in [1.807, 2.05) is 20.8 Å². The van der Waals surface area contributed by atoms with E-state index in [1.54, 1.807) is 23.3 Å². The van der Waals surface area contributed by atoms with Crippen molar-refractivity contribution >= 4 is 6.09 Å². The summed E-state index contributed by atoms with van der Waals surface area (Å²) in [5.41, 5.74) is -0.463. The monoisotopic (exact) mass is 324 g/mol. The maximum Gasteiger partial charge on any atom is 0.410 e. The fraction of sp³-hybridized carbons (Fsp3) is 0.706. The second-order valence-corrected chi connectivity index (χ2v) is 7.12. The standard InChI is InChI=1S/C17H28N2O4/c1-17(2,3)23-16(21)19-8-4-6-13(12-19)10-18-11-14(20)15-7-5-9-22-15/h5,7,9,13-14,18,20H,4,6,8,10-12H2,1-3H3. The predicted molar refractivity (Wildman–Crippen MR) is 87.1 cm³/mol. The smallest absolute Gasteiger partial charge is 0.410 e. The Hall–Kier alpha value is -1.53. The molecule has 1 aliphatic rings. The second-order valence-electron chi connectivity index (χ2n) is 7.12. The van der Waals surface area contributed by atoms with Gasteiger partial charge in [-0.3, -0.25) is 0 Å². The largest absolute Gasteiger partial charge is 0.467 e. The summed E-state index contributed by atoms with van der Waals surface area (Å²) in [7, 11) is 0. The van der Waals surface area contributed by atoms with Gasteiger partial charge in [0.1, 0.15) is 17.5 Å². The van der Waals surface area contributed by atoms with Gasteiger partial charge in [0.15, 0.2) is 0 Å². The van der Waals surface area contributed by atoms with Crippen LogP contribution in [0, 0.1) is 5.92 Å². The maximum absolute atomic E-state index is 12.1. The van der Waals surface area contributed by atoms with E-state index in [-0.39, 0.29) is 6.09 Å². The van der Waals surface area contributed by atoms with Crippen LogP contribution >= 0.6 is 0 Å². The molecule has 0 radical (unpaired) electrons. The molecule has 23 heavy (non-hydrogen) atoms. The van der Waals surface area contributed by atoms with E-state index in [0.717, 1.165) is 25.9 Å². The molecule has 2 N–H and O–H groups in total. The number of hydrogen-bond donors (Lipinski definition) is 2. The minimum atomic E-state index is -0.643. The van der Waals surface area contributed by atoms with Crippen molar-refractivity contribution in [3.05, 3.63) is 24.2 Å². The summed E-state index contributed by atoms with van der Waals surface area (Å²) in [5.74, 6) is 0.941. The summed E-state index contributed by atoms with van der Waals surface area (Å²) in [4.78, 5) is 13.9. The SMILES string of the molecule is CC(C)(C)OC(=O)N1CCCC(CNCC(O)c2ccco2)C1. The van der Waals surface area contributed by atoms with Crippen molar-refractivity contribution in [1.29, 1.82) is 0 Å². The number of nitrogens with one attached hydrogen (secondary N) is 1. The van der Waals surface area contributed by atoms with E-state index in [1.165, 1.54) is 0 Å². The molecule has 0 saturated carbocycles. The number of ether oxygens (including phenoxy) is 1. The van der Waals surface area contributed by atoms with Crippen molar-refractivity contribution in [3.8, 4) is 0 Å². The van der Waals surface area contributed by atoms with Crippen molar-refractivity contribution in [2.24, 2.45) is 5.92 Å². The molecule has 1 saturated heterocycles. The van der Waals surface area contributed by atoms with Crippen LogP contribution in [0.5, 0.6) is 0 Å². The highest BCUT2D eigenvalue weighted by atomic mass is 16.6. The molecule has 2 heterocycles. The number of aliphatic hydroxyl groups excluding tert-OH is 1. The van der Waals surface area contributed by atoms with Gasteiger partial charge in [0, 0.05) is 19.6 Å². The highest BCUT2D eigenvalue weighted by Gasteiger charge is 2.27. The molecule has 2 unspecified atom stereocenters. The van der Waals surface area contributed by atoms with Gasteiger partial charge in [-0.25, -0.2) is 4.79 Å². The zero-order chi connectivity index (χ0) is 16.9. The Morgan fingerprint density at radius 3 is 3.00 bits per heavy atom. The lowest BCUT2D eigenvalue weighted by Gasteiger charge is -2.34. The summed E-state index contributed by atoms with van der Waals surface area (Å²) < 4.78 is 10.6. The Morgan fingerprint density at radius 2 is 2.35 bits per heavy atom. The summed E-state index contributed by atoms with van der Waals surface area (Å²) >= 11 is 0. The fourth-order valence-electron chi connectivity index (χ4n) is 2.73. The maximum atomic E-state index is 12.1. The van der Waals surface area contributed by atoms with Gasteiger partial charge in [-0.1, -0.05) is 0 Å². The van der Waals surface area contributed by atoms with E-state index in [2.05, 4.69) is 5.32 Å². The number of rotatable bonds is 5. The quantitative estimate of drug-likeness (QED) is 0.870. The summed E-state index contributed by atoms with van der Waals surface area (Å²) in [6.45, 7) is 8.28. The normalized spacial score (nSPS) is 20.3. The number of likely N-dealkylation sites (tertiary alicyclic amines) is 1. The third kappa shape index (κ3) is 5.88. The lowest BCUT2D eigenvalue weighted by atomic mass is 9.98. The van der Waals surface area contributed by atoms with Crippen molar-refractivity contribution in [2.45, 2.75) is 45.3 Å². The summed E-state index contributed by atoms with van der Waals surface area (Å²) in [5, 5.41) is 13.2. The van der Waals surface area contributed by atoms with Crippen LogP contribution in [0.25, 0.3) is 0 Å². The van der Waals surface area contributed by atoms with Gasteiger partial charge in [-0.2, -0.15) is 0 Å². The molecule has 1 amide bonds. The highest BCUT2D eigenvalue weighted by Crippen LogP contribution is 2.19. The lowest BCUT2D eigenvalue weighted by molar-refractivity contribution is 0.0164. The first-order valence-corrected chi connectivity index (χ1v) is 8.25. The lowest BCUT2D eigenvalue weighted by Crippen LogP contribution is -2.45. The van der Waals surface area contributed by atoms with Crippen LogP contribution in [0.4, 0.5) is 4.79 Å². The fourth-order valence-corrected chi connectivity index (χ4v) is 2.73. The van der Waals surface area contributed by atoms with Gasteiger partial charge in [0.05, 0.1) is 6.26 Å². The van der Waals surface area contributed by atoms with Crippen LogP contribution in [0.1, 0.15) is 45.5 Å². The van der Waals surface area contributed by atoms with Crippen molar-refractivity contribution in [2.75, 3.05) is 26.2 Å². The Kier molecular flexibility index (Phi) is 6.07. The minimum Gasteiger partial charge on any atom is -0.467 e. The van der Waals surface area contributed by atoms with Crippen molar-refractivity contribution < 1.29 is 19.1 Å². The summed E-state index contributed by atoms with van der Waals surface area (Å²) in [6, 6.07) is 3.52. The third-order valence-electron chi connectivity index (χ3n) is 3.81. The first-order chi connectivity index (χ1) is 10.8. The Morgan fingerprint density at radius 1 is 1.57 bits per heavy atom. The van der Waals surface area contributed by atoms with Crippen LogP contribution in [-0.4, -0.2) is 47.9 Å². The molecule has 0 aliphatic carbocycles. The number of hydrogen-bond acceptors (Lipinski definition) is 5. The van der Waals surface area contributed by atoms with Crippen LogP contribution in [0.15, 0.2) is 22.8 Å². The first-order valence-electron chi connectivity index (χ1n) is 8.25. The van der Waals surface area contributed by atoms with E-state index >= 15 is 0 Å². The van der Waals surface area contributed by atoms with Gasteiger partial charge >= 0.3 is 6.09 Å². The van der Waals surface area contributed by atoms with E-state index < -0.39 is 11.7 Å². The minimum absolute atomic E-state index is 0.238. The number of piperidine rings is 1. The number of aliphatic hydroxyl groups is 1. The zero-order valence-corrected chi connectivity index (χ0v) is 14.2. The van der Waals surface area contributed by atoms with Crippen molar-refractivity contribution in [1.82, 2.24) is 10.2 Å². The molecule has 1 aliphatic heterocycles. The number of nitrogens with zero attached hydrogens (tertiary/aromatic N) is 1. The van der Waals surface area contributed by atoms with Gasteiger partial charge in [0.25, 0.3) is 0 Å². The molecule has 2 rings (SSSR count). The third-order valence-corrected chi connectivity index (χ3v) is 3.81. The Balaban J connectivity index is 1.72. The molecule has 2 atom stereocenters. The van der Waals surface area contributed by atoms with Gasteiger partial charge in [-0.15, -0.1) is 0 Å². The number of carbonyl (C=O) groups excluding carboxylic acids is 1. The van der Waals surface area contributed by atoms with Crippen molar-refractivity contribution in [3.63, 3.8) is 0 Å². The molecule has 0 aromatic carbocycles. The molecular formula is C17H28N2O4. The number of carbonyl (C=O) groups is 1. The van der Waals surface area contributed by atoms with Gasteiger partial charge in [-0.05, 0) is 58.2 Å². The van der Waals surface area contributed by atoms with Crippen LogP contribution in [0.2, 0.25) is 0 Å². The topological polar surface area (TPSA) is 74.9 Å². The Bertz CT molecular complexity index is 481. The van der Waals surface area contributed by atoms with E-state index in [9.17, 15) is 9.90 Å². The Labute approximate surface area is 137 Å². The predicted octanol–water partition coefficient (Wildman–Crippen LogP) is 2.55. The van der Waals surface area contributed by atoms with Crippen LogP contribution in [-0.2, 0) is 4.74 Å². The number of furan rings is 1. The van der Waals surface area contributed by atoms with E-state index in [4.69, 9.17) is 9.15 Å². The average molecular weight is 324 g/mol. The number of amides is 1.